The molecule has 1 fully saturated rings. The molecule has 3 nitrogen and oxygen atoms in total. The summed E-state index contributed by atoms with van der Waals surface area (Å²) in [5.74, 6) is -0.155. The summed E-state index contributed by atoms with van der Waals surface area (Å²) in [6, 6.07) is 15.3. The van der Waals surface area contributed by atoms with Crippen molar-refractivity contribution in [2.45, 2.75) is 22.1 Å². The molecule has 3 rings (SSSR count). The Morgan fingerprint density at radius 2 is 1.55 bits per heavy atom. The predicted octanol–water partition coefficient (Wildman–Crippen LogP) is 2.61. The van der Waals surface area contributed by atoms with Crippen molar-refractivity contribution < 1.29 is 8.42 Å². The molecule has 20 heavy (non-hydrogen) atoms. The predicted molar refractivity (Wildman–Crippen MR) is 79.6 cm³/mol. The van der Waals surface area contributed by atoms with Gasteiger partial charge < -0.3 is 5.73 Å². The highest BCUT2D eigenvalue weighted by molar-refractivity contribution is 7.92. The van der Waals surface area contributed by atoms with E-state index in [2.05, 4.69) is 0 Å². The van der Waals surface area contributed by atoms with Crippen LogP contribution in [0, 0.1) is 0 Å². The van der Waals surface area contributed by atoms with Crippen LogP contribution in [0.4, 0.5) is 0 Å². The number of sulfone groups is 1. The Labute approximate surface area is 123 Å². The van der Waals surface area contributed by atoms with Crippen LogP contribution in [-0.2, 0) is 9.84 Å². The molecule has 1 saturated carbocycles. The maximum atomic E-state index is 12.5. The van der Waals surface area contributed by atoms with E-state index in [0.29, 0.717) is 9.92 Å². The number of benzene rings is 2. The second-order valence-electron chi connectivity index (χ2n) is 4.98. The van der Waals surface area contributed by atoms with Crippen molar-refractivity contribution in [3.63, 3.8) is 0 Å². The fraction of sp³-hybridized carbons (Fsp3) is 0.200. The van der Waals surface area contributed by atoms with Gasteiger partial charge in [-0.3, -0.25) is 0 Å². The highest BCUT2D eigenvalue weighted by atomic mass is 35.5. The van der Waals surface area contributed by atoms with Gasteiger partial charge in [0.15, 0.2) is 9.84 Å². The maximum absolute atomic E-state index is 12.5. The third-order valence-corrected chi connectivity index (χ3v) is 6.20. The molecule has 0 aliphatic heterocycles. The van der Waals surface area contributed by atoms with E-state index >= 15 is 0 Å². The van der Waals surface area contributed by atoms with E-state index in [1.165, 1.54) is 0 Å². The molecule has 0 bridgehead atoms. The summed E-state index contributed by atoms with van der Waals surface area (Å²) < 4.78 is 25.1. The summed E-state index contributed by atoms with van der Waals surface area (Å²) in [4.78, 5) is 0.330. The lowest BCUT2D eigenvalue weighted by molar-refractivity contribution is 0.593. The van der Waals surface area contributed by atoms with Crippen molar-refractivity contribution in [3.8, 4) is 0 Å². The van der Waals surface area contributed by atoms with Crippen LogP contribution in [0.1, 0.15) is 11.5 Å². The summed E-state index contributed by atoms with van der Waals surface area (Å²) in [6.07, 6.45) is 0. The second-order valence-corrected chi connectivity index (χ2v) is 7.52. The fourth-order valence-electron chi connectivity index (χ4n) is 2.57. The van der Waals surface area contributed by atoms with E-state index in [-0.39, 0.29) is 12.0 Å². The van der Waals surface area contributed by atoms with Crippen LogP contribution in [0.3, 0.4) is 0 Å². The van der Waals surface area contributed by atoms with Crippen molar-refractivity contribution in [2.75, 3.05) is 0 Å². The largest absolute Gasteiger partial charge is 0.326 e. The van der Waals surface area contributed by atoms with Crippen LogP contribution < -0.4 is 5.73 Å². The number of nitrogens with two attached hydrogens (primary N) is 1. The summed E-state index contributed by atoms with van der Waals surface area (Å²) in [7, 11) is -3.38. The van der Waals surface area contributed by atoms with E-state index in [1.54, 1.807) is 42.5 Å². The number of hydrogen-bond donors (Lipinski definition) is 1. The molecule has 104 valence electrons. The number of halogens is 1. The van der Waals surface area contributed by atoms with Crippen LogP contribution in [-0.4, -0.2) is 19.7 Å². The molecule has 1 aliphatic rings. The van der Waals surface area contributed by atoms with Crippen LogP contribution in [0.25, 0.3) is 0 Å². The molecule has 0 amide bonds. The minimum atomic E-state index is -3.38. The minimum Gasteiger partial charge on any atom is -0.326 e. The van der Waals surface area contributed by atoms with Gasteiger partial charge in [0.1, 0.15) is 0 Å². The first-order valence-electron chi connectivity index (χ1n) is 6.32. The Morgan fingerprint density at radius 3 is 2.15 bits per heavy atom. The van der Waals surface area contributed by atoms with Crippen LogP contribution >= 0.6 is 11.6 Å². The molecule has 2 aromatic carbocycles. The third-order valence-electron chi connectivity index (χ3n) is 3.69. The third kappa shape index (κ3) is 2.24. The minimum absolute atomic E-state index is 0.155. The molecule has 3 atom stereocenters. The molecule has 2 N–H and O–H groups in total. The molecular weight excluding hydrogens is 294 g/mol. The summed E-state index contributed by atoms with van der Waals surface area (Å²) >= 11 is 5.85. The zero-order valence-electron chi connectivity index (χ0n) is 10.6. The lowest BCUT2D eigenvalue weighted by atomic mass is 10.1. The zero-order chi connectivity index (χ0) is 14.3. The first-order chi connectivity index (χ1) is 9.51. The van der Waals surface area contributed by atoms with Crippen LogP contribution in [0.2, 0.25) is 5.02 Å². The molecule has 0 aromatic heterocycles. The average Bonchev–Trinajstić information content (AvgIpc) is 3.13. The molecule has 0 unspecified atom stereocenters. The van der Waals surface area contributed by atoms with Crippen molar-refractivity contribution in [3.05, 3.63) is 65.2 Å². The van der Waals surface area contributed by atoms with Crippen molar-refractivity contribution >= 4 is 21.4 Å². The highest BCUT2D eigenvalue weighted by Crippen LogP contribution is 2.47. The van der Waals surface area contributed by atoms with Gasteiger partial charge in [-0.2, -0.15) is 0 Å². The normalized spacial score (nSPS) is 25.4. The van der Waals surface area contributed by atoms with E-state index in [0.717, 1.165) is 5.56 Å². The van der Waals surface area contributed by atoms with Gasteiger partial charge in [0, 0.05) is 17.0 Å². The standard InChI is InChI=1S/C15H14ClNO2S/c16-11-8-6-10(7-9-11)13-14(17)15(13)20(18,19)12-4-2-1-3-5-12/h1-9,13-15H,17H2/t13-,14-,15-/m1/s1. The smallest absolute Gasteiger partial charge is 0.183 e. The Kier molecular flexibility index (Phi) is 3.32. The number of rotatable bonds is 3. The molecule has 0 spiro atoms. The molecule has 0 heterocycles. The Morgan fingerprint density at radius 1 is 0.950 bits per heavy atom. The van der Waals surface area contributed by atoms with E-state index in [1.807, 2.05) is 12.1 Å². The molecule has 1 aliphatic carbocycles. The lowest BCUT2D eigenvalue weighted by Gasteiger charge is -2.03. The fourth-order valence-corrected chi connectivity index (χ4v) is 4.76. The van der Waals surface area contributed by atoms with Gasteiger partial charge in [-0.15, -0.1) is 0 Å². The van der Waals surface area contributed by atoms with E-state index < -0.39 is 15.1 Å². The Bertz CT molecular complexity index is 713. The summed E-state index contributed by atoms with van der Waals surface area (Å²) in [6.45, 7) is 0. The summed E-state index contributed by atoms with van der Waals surface area (Å²) in [5, 5.41) is 0.0801. The van der Waals surface area contributed by atoms with Gasteiger partial charge in [-0.25, -0.2) is 8.42 Å². The first-order valence-corrected chi connectivity index (χ1v) is 8.24. The van der Waals surface area contributed by atoms with Gasteiger partial charge in [-0.05, 0) is 29.8 Å². The van der Waals surface area contributed by atoms with Crippen molar-refractivity contribution in [1.29, 1.82) is 0 Å². The SMILES string of the molecule is N[C@@H]1[C@@H](c2ccc(Cl)cc2)[C@H]1S(=O)(=O)c1ccccc1. The summed E-state index contributed by atoms with van der Waals surface area (Å²) in [5.41, 5.74) is 6.91. The zero-order valence-corrected chi connectivity index (χ0v) is 12.2. The second kappa shape index (κ2) is 4.88. The van der Waals surface area contributed by atoms with E-state index in [9.17, 15) is 8.42 Å². The van der Waals surface area contributed by atoms with Gasteiger partial charge in [0.2, 0.25) is 0 Å². The Hall–Kier alpha value is -1.36. The van der Waals surface area contributed by atoms with Gasteiger partial charge in [0.25, 0.3) is 0 Å². The monoisotopic (exact) mass is 307 g/mol. The van der Waals surface area contributed by atoms with Gasteiger partial charge in [-0.1, -0.05) is 41.9 Å². The topological polar surface area (TPSA) is 60.2 Å². The van der Waals surface area contributed by atoms with Crippen molar-refractivity contribution in [2.24, 2.45) is 5.73 Å². The van der Waals surface area contributed by atoms with Crippen LogP contribution in [0.15, 0.2) is 59.5 Å². The maximum Gasteiger partial charge on any atom is 0.183 e. The molecule has 0 saturated heterocycles. The lowest BCUT2D eigenvalue weighted by Crippen LogP contribution is -2.15. The number of hydrogen-bond acceptors (Lipinski definition) is 3. The molecule has 5 heteroatoms. The Balaban J connectivity index is 1.91. The van der Waals surface area contributed by atoms with Gasteiger partial charge in [0.05, 0.1) is 10.1 Å². The molecule has 2 aromatic rings. The van der Waals surface area contributed by atoms with Gasteiger partial charge >= 0.3 is 0 Å². The first kappa shape index (κ1) is 13.6. The molecular formula is C15H14ClNO2S. The molecule has 0 radical (unpaired) electrons. The highest BCUT2D eigenvalue weighted by Gasteiger charge is 2.56. The quantitative estimate of drug-likeness (QED) is 0.948. The van der Waals surface area contributed by atoms with E-state index in [4.69, 9.17) is 17.3 Å². The van der Waals surface area contributed by atoms with Crippen molar-refractivity contribution in [1.82, 2.24) is 0 Å². The average molecular weight is 308 g/mol. The van der Waals surface area contributed by atoms with Crippen LogP contribution in [0.5, 0.6) is 0 Å².